The van der Waals surface area contributed by atoms with Crippen molar-refractivity contribution in [3.05, 3.63) is 30.1 Å². The monoisotopic (exact) mass is 384 g/mol. The van der Waals surface area contributed by atoms with Crippen LogP contribution in [0.2, 0.25) is 0 Å². The molecule has 1 N–H and O–H groups in total. The van der Waals surface area contributed by atoms with Gasteiger partial charge in [-0.3, -0.25) is 14.6 Å². The smallest absolute Gasteiger partial charge is 0.254 e. The van der Waals surface area contributed by atoms with Gasteiger partial charge in [0.05, 0.1) is 5.92 Å². The fraction of sp³-hybridized carbons (Fsp3) is 0.682. The number of hydrogen-bond acceptors (Lipinski definition) is 4. The lowest BCUT2D eigenvalue weighted by Crippen LogP contribution is -2.44. The van der Waals surface area contributed by atoms with Crippen molar-refractivity contribution in [2.45, 2.75) is 44.9 Å². The van der Waals surface area contributed by atoms with Gasteiger partial charge >= 0.3 is 0 Å². The van der Waals surface area contributed by atoms with Crippen LogP contribution in [0.5, 0.6) is 0 Å². The molecule has 0 unspecified atom stereocenters. The van der Waals surface area contributed by atoms with Crippen LogP contribution in [0.25, 0.3) is 0 Å². The number of rotatable bonds is 5. The summed E-state index contributed by atoms with van der Waals surface area (Å²) < 4.78 is 0. The third-order valence-corrected chi connectivity index (χ3v) is 6.95. The zero-order chi connectivity index (χ0) is 19.4. The summed E-state index contributed by atoms with van der Waals surface area (Å²) in [6.07, 6.45) is 11.5. The van der Waals surface area contributed by atoms with Crippen molar-refractivity contribution in [2.24, 2.45) is 11.3 Å². The van der Waals surface area contributed by atoms with E-state index in [1.807, 2.05) is 4.90 Å². The molecule has 4 rings (SSSR count). The predicted octanol–water partition coefficient (Wildman–Crippen LogP) is 2.32. The van der Waals surface area contributed by atoms with Crippen molar-refractivity contribution in [3.63, 3.8) is 0 Å². The highest BCUT2D eigenvalue weighted by atomic mass is 16.2. The average molecular weight is 385 g/mol. The minimum atomic E-state index is -0.0860. The molecule has 1 aromatic heterocycles. The lowest BCUT2D eigenvalue weighted by atomic mass is 9.67. The molecule has 152 valence electrons. The second kappa shape index (κ2) is 8.60. The van der Waals surface area contributed by atoms with Crippen LogP contribution in [0.15, 0.2) is 24.5 Å². The van der Waals surface area contributed by atoms with Gasteiger partial charge in [0.1, 0.15) is 0 Å². The Morgan fingerprint density at radius 3 is 2.50 bits per heavy atom. The van der Waals surface area contributed by atoms with Crippen LogP contribution in [-0.4, -0.2) is 65.9 Å². The van der Waals surface area contributed by atoms with Crippen LogP contribution in [0.4, 0.5) is 0 Å². The normalized spacial score (nSPS) is 24.6. The largest absolute Gasteiger partial charge is 0.354 e. The number of nitrogens with zero attached hydrogens (tertiary/aromatic N) is 3. The number of hydrogen-bond donors (Lipinski definition) is 1. The van der Waals surface area contributed by atoms with E-state index < -0.39 is 0 Å². The van der Waals surface area contributed by atoms with E-state index in [2.05, 4.69) is 15.2 Å². The van der Waals surface area contributed by atoms with E-state index >= 15 is 0 Å². The van der Waals surface area contributed by atoms with Crippen LogP contribution in [0.1, 0.15) is 55.3 Å². The first-order valence-corrected chi connectivity index (χ1v) is 10.9. The van der Waals surface area contributed by atoms with Crippen molar-refractivity contribution in [2.75, 3.05) is 39.3 Å². The minimum Gasteiger partial charge on any atom is -0.354 e. The van der Waals surface area contributed by atoms with Gasteiger partial charge in [0, 0.05) is 49.6 Å². The van der Waals surface area contributed by atoms with E-state index in [1.165, 1.54) is 19.3 Å². The summed E-state index contributed by atoms with van der Waals surface area (Å²) >= 11 is 0. The molecule has 6 heteroatoms. The maximum absolute atomic E-state index is 13.1. The molecule has 2 saturated heterocycles. The van der Waals surface area contributed by atoms with Gasteiger partial charge in [-0.05, 0) is 50.9 Å². The van der Waals surface area contributed by atoms with Crippen LogP contribution in [0, 0.1) is 11.3 Å². The third-order valence-electron chi connectivity index (χ3n) is 6.95. The Bertz CT molecular complexity index is 681. The number of amides is 2. The molecule has 0 bridgehead atoms. The fourth-order valence-electron chi connectivity index (χ4n) is 5.39. The second-order valence-electron chi connectivity index (χ2n) is 8.74. The first-order valence-electron chi connectivity index (χ1n) is 10.9. The van der Waals surface area contributed by atoms with Gasteiger partial charge in [-0.1, -0.05) is 19.3 Å². The van der Waals surface area contributed by atoms with Crippen molar-refractivity contribution in [3.8, 4) is 0 Å². The lowest BCUT2D eigenvalue weighted by molar-refractivity contribution is -0.128. The second-order valence-corrected chi connectivity index (χ2v) is 8.74. The molecule has 6 nitrogen and oxygen atoms in total. The third kappa shape index (κ3) is 4.07. The van der Waals surface area contributed by atoms with Gasteiger partial charge in [-0.25, -0.2) is 0 Å². The number of likely N-dealkylation sites (tertiary alicyclic amines) is 2. The molecule has 1 saturated carbocycles. The average Bonchev–Trinajstić information content (AvgIpc) is 3.37. The van der Waals surface area contributed by atoms with E-state index in [0.717, 1.165) is 45.3 Å². The molecule has 1 aromatic rings. The molecular weight excluding hydrogens is 352 g/mol. The summed E-state index contributed by atoms with van der Waals surface area (Å²) in [6.45, 7) is 5.19. The zero-order valence-electron chi connectivity index (χ0n) is 16.7. The van der Waals surface area contributed by atoms with Gasteiger partial charge in [-0.15, -0.1) is 0 Å². The molecule has 0 aromatic carbocycles. The van der Waals surface area contributed by atoms with Crippen molar-refractivity contribution >= 4 is 11.8 Å². The molecule has 1 spiro atoms. The van der Waals surface area contributed by atoms with E-state index in [9.17, 15) is 9.59 Å². The van der Waals surface area contributed by atoms with E-state index in [0.29, 0.717) is 25.2 Å². The van der Waals surface area contributed by atoms with Crippen LogP contribution in [-0.2, 0) is 4.79 Å². The van der Waals surface area contributed by atoms with Gasteiger partial charge < -0.3 is 15.1 Å². The van der Waals surface area contributed by atoms with E-state index in [1.54, 1.807) is 24.5 Å². The topological polar surface area (TPSA) is 65.5 Å². The molecule has 1 atom stereocenters. The lowest BCUT2D eigenvalue weighted by Gasteiger charge is -2.37. The maximum Gasteiger partial charge on any atom is 0.254 e. The molecule has 2 aliphatic heterocycles. The molecule has 3 heterocycles. The van der Waals surface area contributed by atoms with E-state index in [-0.39, 0.29) is 23.1 Å². The van der Waals surface area contributed by atoms with Gasteiger partial charge in [0.25, 0.3) is 5.91 Å². The Kier molecular flexibility index (Phi) is 5.95. The van der Waals surface area contributed by atoms with Crippen molar-refractivity contribution in [1.29, 1.82) is 0 Å². The molecule has 3 fully saturated rings. The number of carbonyl (C=O) groups is 2. The fourth-order valence-corrected chi connectivity index (χ4v) is 5.39. The quantitative estimate of drug-likeness (QED) is 0.846. The van der Waals surface area contributed by atoms with Gasteiger partial charge in [0.2, 0.25) is 5.91 Å². The summed E-state index contributed by atoms with van der Waals surface area (Å²) in [5.74, 6) is 0.0861. The first-order chi connectivity index (χ1) is 13.7. The first kappa shape index (κ1) is 19.4. The van der Waals surface area contributed by atoms with Crippen LogP contribution >= 0.6 is 0 Å². The summed E-state index contributed by atoms with van der Waals surface area (Å²) in [4.78, 5) is 34.4. The summed E-state index contributed by atoms with van der Waals surface area (Å²) in [6, 6.07) is 3.53. The van der Waals surface area contributed by atoms with Crippen LogP contribution < -0.4 is 5.32 Å². The highest BCUT2D eigenvalue weighted by molar-refractivity contribution is 5.95. The van der Waals surface area contributed by atoms with Crippen LogP contribution in [0.3, 0.4) is 0 Å². The summed E-state index contributed by atoms with van der Waals surface area (Å²) in [7, 11) is 0. The molecule has 3 aliphatic rings. The van der Waals surface area contributed by atoms with Crippen molar-refractivity contribution < 1.29 is 9.59 Å². The molecule has 0 radical (unpaired) electrons. The molecule has 2 amide bonds. The Morgan fingerprint density at radius 1 is 1.07 bits per heavy atom. The highest BCUT2D eigenvalue weighted by Crippen LogP contribution is 2.47. The Hall–Kier alpha value is -1.95. The Labute approximate surface area is 167 Å². The molecule has 28 heavy (non-hydrogen) atoms. The summed E-state index contributed by atoms with van der Waals surface area (Å²) in [5, 5.41) is 3.19. The number of carbonyl (C=O) groups excluding carboxylic acids is 2. The van der Waals surface area contributed by atoms with E-state index in [4.69, 9.17) is 0 Å². The predicted molar refractivity (Wildman–Crippen MR) is 108 cm³/mol. The van der Waals surface area contributed by atoms with Gasteiger partial charge in [-0.2, -0.15) is 0 Å². The number of pyridine rings is 1. The molecule has 1 aliphatic carbocycles. The number of nitrogens with one attached hydrogen (secondary N) is 1. The Morgan fingerprint density at radius 2 is 1.79 bits per heavy atom. The van der Waals surface area contributed by atoms with Gasteiger partial charge in [0.15, 0.2) is 0 Å². The highest BCUT2D eigenvalue weighted by Gasteiger charge is 2.51. The van der Waals surface area contributed by atoms with Crippen molar-refractivity contribution in [1.82, 2.24) is 20.1 Å². The Balaban J connectivity index is 1.42. The number of aromatic nitrogens is 1. The molecular formula is C22H32N4O2. The SMILES string of the molecule is O=C(NCCN1CCCC1)[C@H]1CN(C(=O)c2ccncc2)CC12CCCCC2. The maximum atomic E-state index is 13.1. The minimum absolute atomic E-state index is 0.0275. The standard InChI is InChI=1S/C22H32N4O2/c27-20(24-12-15-25-13-4-5-14-25)19-16-26(17-22(19)8-2-1-3-9-22)21(28)18-6-10-23-11-7-18/h6-7,10-11,19H,1-5,8-9,12-17H2,(H,24,27)/t19-/m1/s1. The zero-order valence-corrected chi connectivity index (χ0v) is 16.7. The summed E-state index contributed by atoms with van der Waals surface area (Å²) in [5.41, 5.74) is 0.620.